The summed E-state index contributed by atoms with van der Waals surface area (Å²) in [7, 11) is 3.16. The lowest BCUT2D eigenvalue weighted by Gasteiger charge is -2.17. The fraction of sp³-hybridized carbons (Fsp3) is 0.333. The van der Waals surface area contributed by atoms with Crippen LogP contribution in [0.25, 0.3) is 0 Å². The van der Waals surface area contributed by atoms with E-state index >= 15 is 0 Å². The van der Waals surface area contributed by atoms with E-state index in [0.29, 0.717) is 23.8 Å². The maximum Gasteiger partial charge on any atom is 0.311 e. The van der Waals surface area contributed by atoms with Gasteiger partial charge >= 0.3 is 5.97 Å². The summed E-state index contributed by atoms with van der Waals surface area (Å²) >= 11 is 5.98. The summed E-state index contributed by atoms with van der Waals surface area (Å²) < 4.78 is 6.65. The number of esters is 1. The van der Waals surface area contributed by atoms with Gasteiger partial charge in [0, 0.05) is 32.3 Å². The molecule has 2 aromatic rings. The maximum absolute atomic E-state index is 12.8. The Hall–Kier alpha value is -2.27. The quantitative estimate of drug-likeness (QED) is 0.803. The summed E-state index contributed by atoms with van der Waals surface area (Å²) in [6.45, 7) is 0.819. The van der Waals surface area contributed by atoms with Crippen molar-refractivity contribution in [2.45, 2.75) is 5.92 Å². The highest BCUT2D eigenvalue weighted by molar-refractivity contribution is 6.31. The van der Waals surface area contributed by atoms with Gasteiger partial charge in [0.15, 0.2) is 0 Å². The van der Waals surface area contributed by atoms with Crippen LogP contribution >= 0.6 is 11.6 Å². The SMILES string of the molecule is COC(=O)C1CN(C(=O)c2cc(Cl)cn2C)CC1c1ccccc1. The summed E-state index contributed by atoms with van der Waals surface area (Å²) in [5.41, 5.74) is 1.55. The van der Waals surface area contributed by atoms with Crippen molar-refractivity contribution in [3.8, 4) is 0 Å². The number of hydrogen-bond donors (Lipinski definition) is 0. The number of halogens is 1. The van der Waals surface area contributed by atoms with Crippen LogP contribution in [0.1, 0.15) is 22.0 Å². The average Bonchev–Trinajstić information content (AvgIpc) is 3.18. The number of amides is 1. The molecule has 2 heterocycles. The molecule has 0 saturated carbocycles. The molecule has 1 aliphatic rings. The summed E-state index contributed by atoms with van der Waals surface area (Å²) in [5, 5.41) is 0.518. The lowest BCUT2D eigenvalue weighted by atomic mass is 9.89. The van der Waals surface area contributed by atoms with E-state index in [-0.39, 0.29) is 23.7 Å². The number of aromatic nitrogens is 1. The fourth-order valence-electron chi connectivity index (χ4n) is 3.30. The fourth-order valence-corrected chi connectivity index (χ4v) is 3.55. The van der Waals surface area contributed by atoms with Crippen molar-refractivity contribution < 1.29 is 14.3 Å². The zero-order valence-corrected chi connectivity index (χ0v) is 14.4. The third kappa shape index (κ3) is 3.04. The second-order valence-electron chi connectivity index (χ2n) is 6.01. The molecule has 2 atom stereocenters. The predicted octanol–water partition coefficient (Wildman–Crippen LogP) is 2.71. The molecule has 0 spiro atoms. The van der Waals surface area contributed by atoms with Gasteiger partial charge < -0.3 is 14.2 Å². The van der Waals surface area contributed by atoms with E-state index in [9.17, 15) is 9.59 Å². The highest BCUT2D eigenvalue weighted by atomic mass is 35.5. The Balaban J connectivity index is 1.88. The summed E-state index contributed by atoms with van der Waals surface area (Å²) in [4.78, 5) is 26.7. The highest BCUT2D eigenvalue weighted by Crippen LogP contribution is 2.34. The Morgan fingerprint density at radius 2 is 1.92 bits per heavy atom. The second kappa shape index (κ2) is 6.69. The van der Waals surface area contributed by atoms with Crippen molar-refractivity contribution >= 4 is 23.5 Å². The largest absolute Gasteiger partial charge is 0.469 e. The third-order valence-electron chi connectivity index (χ3n) is 4.53. The topological polar surface area (TPSA) is 51.5 Å². The van der Waals surface area contributed by atoms with Crippen LogP contribution in [0.3, 0.4) is 0 Å². The number of hydrogen-bond acceptors (Lipinski definition) is 3. The molecule has 5 nitrogen and oxygen atoms in total. The van der Waals surface area contributed by atoms with E-state index in [1.54, 1.807) is 28.8 Å². The van der Waals surface area contributed by atoms with Crippen molar-refractivity contribution in [1.29, 1.82) is 0 Å². The van der Waals surface area contributed by atoms with E-state index in [4.69, 9.17) is 16.3 Å². The van der Waals surface area contributed by atoms with Crippen LogP contribution in [-0.4, -0.2) is 41.5 Å². The van der Waals surface area contributed by atoms with Crippen LogP contribution in [-0.2, 0) is 16.6 Å². The molecule has 0 radical (unpaired) electrons. The minimum Gasteiger partial charge on any atom is -0.469 e. The number of carbonyl (C=O) groups excluding carboxylic acids is 2. The van der Waals surface area contributed by atoms with Crippen LogP contribution in [0, 0.1) is 5.92 Å². The molecule has 1 fully saturated rings. The zero-order valence-electron chi connectivity index (χ0n) is 13.6. The third-order valence-corrected chi connectivity index (χ3v) is 4.74. The highest BCUT2D eigenvalue weighted by Gasteiger charge is 2.41. The number of ether oxygens (including phenoxy) is 1. The molecule has 6 heteroatoms. The number of benzene rings is 1. The molecule has 1 aromatic carbocycles. The first-order valence-electron chi connectivity index (χ1n) is 7.75. The number of likely N-dealkylation sites (tertiary alicyclic amines) is 1. The monoisotopic (exact) mass is 346 g/mol. The Labute approximate surface area is 145 Å². The van der Waals surface area contributed by atoms with Gasteiger partial charge in [-0.2, -0.15) is 0 Å². The lowest BCUT2D eigenvalue weighted by molar-refractivity contribution is -0.145. The van der Waals surface area contributed by atoms with E-state index in [0.717, 1.165) is 5.56 Å². The number of nitrogens with zero attached hydrogens (tertiary/aromatic N) is 2. The Bertz CT molecular complexity index is 757. The van der Waals surface area contributed by atoms with E-state index in [1.165, 1.54) is 7.11 Å². The molecule has 0 aliphatic carbocycles. The van der Waals surface area contributed by atoms with E-state index in [2.05, 4.69) is 0 Å². The molecular formula is C18H19ClN2O3. The molecule has 0 N–H and O–H groups in total. The summed E-state index contributed by atoms with van der Waals surface area (Å²) in [6.07, 6.45) is 1.69. The molecule has 24 heavy (non-hydrogen) atoms. The normalized spacial score (nSPS) is 20.2. The minimum absolute atomic E-state index is 0.0710. The van der Waals surface area contributed by atoms with Crippen molar-refractivity contribution in [3.05, 3.63) is 58.9 Å². The summed E-state index contributed by atoms with van der Waals surface area (Å²) in [5.74, 6) is -0.851. The van der Waals surface area contributed by atoms with Gasteiger partial charge in [0.05, 0.1) is 18.1 Å². The smallest absolute Gasteiger partial charge is 0.311 e. The molecule has 3 rings (SSSR count). The second-order valence-corrected chi connectivity index (χ2v) is 6.45. The van der Waals surface area contributed by atoms with Crippen molar-refractivity contribution in [1.82, 2.24) is 9.47 Å². The minimum atomic E-state index is -0.364. The lowest BCUT2D eigenvalue weighted by Crippen LogP contribution is -2.31. The van der Waals surface area contributed by atoms with Gasteiger partial charge in [-0.05, 0) is 11.6 Å². The van der Waals surface area contributed by atoms with Crippen molar-refractivity contribution in [3.63, 3.8) is 0 Å². The molecule has 1 aromatic heterocycles. The standard InChI is InChI=1S/C18H19ClN2O3/c1-20-9-13(19)8-16(20)17(22)21-10-14(12-6-4-3-5-7-12)15(11-21)18(23)24-2/h3-9,14-15H,10-11H2,1-2H3. The first-order valence-corrected chi connectivity index (χ1v) is 8.13. The average molecular weight is 347 g/mol. The van der Waals surface area contributed by atoms with Crippen LogP contribution in [0.4, 0.5) is 0 Å². The molecule has 1 amide bonds. The molecular weight excluding hydrogens is 328 g/mol. The van der Waals surface area contributed by atoms with Gasteiger partial charge in [-0.15, -0.1) is 0 Å². The molecule has 126 valence electrons. The van der Waals surface area contributed by atoms with Gasteiger partial charge in [0.2, 0.25) is 0 Å². The van der Waals surface area contributed by atoms with Crippen molar-refractivity contribution in [2.75, 3.05) is 20.2 Å². The first kappa shape index (κ1) is 16.6. The Kier molecular flexibility index (Phi) is 4.62. The van der Waals surface area contributed by atoms with Crippen LogP contribution in [0.5, 0.6) is 0 Å². The Morgan fingerprint density at radius 1 is 1.21 bits per heavy atom. The van der Waals surface area contributed by atoms with E-state index in [1.807, 2.05) is 30.3 Å². The molecule has 2 unspecified atom stereocenters. The number of carbonyl (C=O) groups is 2. The molecule has 1 saturated heterocycles. The van der Waals surface area contributed by atoms with Gasteiger partial charge in [0.1, 0.15) is 5.69 Å². The van der Waals surface area contributed by atoms with Gasteiger partial charge in [-0.25, -0.2) is 0 Å². The molecule has 1 aliphatic heterocycles. The maximum atomic E-state index is 12.8. The summed E-state index contributed by atoms with van der Waals surface area (Å²) in [6, 6.07) is 11.4. The zero-order chi connectivity index (χ0) is 17.3. The Morgan fingerprint density at radius 3 is 2.50 bits per heavy atom. The van der Waals surface area contributed by atoms with E-state index < -0.39 is 0 Å². The van der Waals surface area contributed by atoms with Crippen LogP contribution in [0.15, 0.2) is 42.6 Å². The van der Waals surface area contributed by atoms with Crippen LogP contribution in [0.2, 0.25) is 5.02 Å². The number of methoxy groups -OCH3 is 1. The van der Waals surface area contributed by atoms with Crippen molar-refractivity contribution in [2.24, 2.45) is 13.0 Å². The van der Waals surface area contributed by atoms with Gasteiger partial charge in [-0.1, -0.05) is 41.9 Å². The van der Waals surface area contributed by atoms with Gasteiger partial charge in [0.25, 0.3) is 5.91 Å². The predicted molar refractivity (Wildman–Crippen MR) is 91.0 cm³/mol. The van der Waals surface area contributed by atoms with Gasteiger partial charge in [-0.3, -0.25) is 9.59 Å². The number of aryl methyl sites for hydroxylation is 1. The number of rotatable bonds is 3. The van der Waals surface area contributed by atoms with Crippen LogP contribution < -0.4 is 0 Å². The first-order chi connectivity index (χ1) is 11.5. The molecule has 0 bridgehead atoms.